The average Bonchev–Trinajstić information content (AvgIpc) is 2.99. The fraction of sp³-hybridized carbons (Fsp3) is 0.500. The first kappa shape index (κ1) is 24.4. The van der Waals surface area contributed by atoms with Crippen molar-refractivity contribution < 1.29 is 43.9 Å². The summed E-state index contributed by atoms with van der Waals surface area (Å²) in [7, 11) is 0. The van der Waals surface area contributed by atoms with Crippen molar-refractivity contribution in [1.82, 2.24) is 0 Å². The number of aliphatic hydroxyl groups excluding tert-OH is 3. The molecular formula is C22H28O9. The van der Waals surface area contributed by atoms with Crippen molar-refractivity contribution in [3.05, 3.63) is 46.8 Å². The van der Waals surface area contributed by atoms with Gasteiger partial charge in [0.15, 0.2) is 0 Å². The van der Waals surface area contributed by atoms with Gasteiger partial charge < -0.3 is 29.5 Å². The van der Waals surface area contributed by atoms with Crippen LogP contribution in [-0.2, 0) is 28.6 Å². The van der Waals surface area contributed by atoms with E-state index in [1.165, 1.54) is 13.0 Å². The summed E-state index contributed by atoms with van der Waals surface area (Å²) < 4.78 is 15.7. The summed E-state index contributed by atoms with van der Waals surface area (Å²) in [5.74, 6) is -2.68. The van der Waals surface area contributed by atoms with Crippen LogP contribution >= 0.6 is 0 Å². The van der Waals surface area contributed by atoms with Crippen LogP contribution in [0, 0.1) is 5.92 Å². The molecule has 1 aliphatic carbocycles. The van der Waals surface area contributed by atoms with Gasteiger partial charge in [0.25, 0.3) is 0 Å². The zero-order chi connectivity index (χ0) is 23.1. The monoisotopic (exact) mass is 436 g/mol. The fourth-order valence-corrected chi connectivity index (χ4v) is 3.47. The van der Waals surface area contributed by atoms with Crippen molar-refractivity contribution in [2.24, 2.45) is 5.92 Å². The van der Waals surface area contributed by atoms with E-state index in [4.69, 9.17) is 14.2 Å². The molecule has 0 aromatic heterocycles. The molecule has 2 aliphatic rings. The number of carbonyl (C=O) groups is 3. The number of hydrogen-bond donors (Lipinski definition) is 3. The summed E-state index contributed by atoms with van der Waals surface area (Å²) in [4.78, 5) is 35.8. The van der Waals surface area contributed by atoms with Crippen LogP contribution in [0.3, 0.4) is 0 Å². The number of allylic oxidation sites excluding steroid dienone is 1. The molecule has 3 atom stereocenters. The van der Waals surface area contributed by atoms with E-state index in [9.17, 15) is 29.7 Å². The van der Waals surface area contributed by atoms with Gasteiger partial charge in [0.1, 0.15) is 18.8 Å². The van der Waals surface area contributed by atoms with Crippen LogP contribution in [0.15, 0.2) is 46.8 Å². The van der Waals surface area contributed by atoms with E-state index in [1.54, 1.807) is 13.0 Å². The van der Waals surface area contributed by atoms with Gasteiger partial charge in [-0.15, -0.1) is 0 Å². The lowest BCUT2D eigenvalue weighted by atomic mass is 9.85. The Labute approximate surface area is 180 Å². The molecule has 1 fully saturated rings. The van der Waals surface area contributed by atoms with Crippen molar-refractivity contribution in [2.75, 3.05) is 19.8 Å². The van der Waals surface area contributed by atoms with Crippen LogP contribution in [0.25, 0.3) is 0 Å². The van der Waals surface area contributed by atoms with Crippen molar-refractivity contribution in [3.63, 3.8) is 0 Å². The standard InChI is InChI=1S/C22H28O9/c1-12-8-18(31-22(28)16(11-24)6-7-29-14(3)25)20-13(2)21(27)30-19(20)9-15(10-23)4-5-17(12)26/h6,9,18-20,23-24,26H,2,4-5,7-8,10-11H2,1,3H3/b15-9-,16-6?,17-12+/t18-,19+,20+/m0/s1. The van der Waals surface area contributed by atoms with Gasteiger partial charge in [-0.3, -0.25) is 4.79 Å². The largest absolute Gasteiger partial charge is 0.512 e. The summed E-state index contributed by atoms with van der Waals surface area (Å²) >= 11 is 0. The third kappa shape index (κ3) is 6.28. The van der Waals surface area contributed by atoms with E-state index >= 15 is 0 Å². The summed E-state index contributed by atoms with van der Waals surface area (Å²) in [6, 6.07) is 0. The van der Waals surface area contributed by atoms with Crippen LogP contribution in [-0.4, -0.2) is 65.3 Å². The lowest BCUT2D eigenvalue weighted by Gasteiger charge is -2.28. The maximum absolute atomic E-state index is 12.7. The Morgan fingerprint density at radius 2 is 2.03 bits per heavy atom. The second-order valence-electron chi connectivity index (χ2n) is 7.47. The highest BCUT2D eigenvalue weighted by Gasteiger charge is 2.45. The summed E-state index contributed by atoms with van der Waals surface area (Å²) in [6.45, 7) is 5.52. The molecule has 0 unspecified atom stereocenters. The first-order valence-electron chi connectivity index (χ1n) is 9.89. The molecule has 31 heavy (non-hydrogen) atoms. The summed E-state index contributed by atoms with van der Waals surface area (Å²) in [5.41, 5.74) is 1.11. The van der Waals surface area contributed by atoms with E-state index in [2.05, 4.69) is 6.58 Å². The van der Waals surface area contributed by atoms with Crippen LogP contribution in [0.1, 0.15) is 33.1 Å². The number of ether oxygens (including phenoxy) is 3. The summed E-state index contributed by atoms with van der Waals surface area (Å²) in [6.07, 6.45) is 1.86. The molecule has 0 saturated carbocycles. The Balaban J connectivity index is 2.37. The molecule has 2 rings (SSSR count). The lowest BCUT2D eigenvalue weighted by Crippen LogP contribution is -2.34. The highest BCUT2D eigenvalue weighted by Crippen LogP contribution is 2.37. The Morgan fingerprint density at radius 3 is 2.65 bits per heavy atom. The first-order chi connectivity index (χ1) is 14.7. The number of esters is 3. The third-order valence-corrected chi connectivity index (χ3v) is 5.26. The minimum absolute atomic E-state index is 0.0995. The van der Waals surface area contributed by atoms with E-state index in [-0.39, 0.29) is 43.0 Å². The van der Waals surface area contributed by atoms with Gasteiger partial charge in [0.2, 0.25) is 0 Å². The molecule has 9 heteroatoms. The maximum atomic E-state index is 12.7. The van der Waals surface area contributed by atoms with Crippen LogP contribution in [0.5, 0.6) is 0 Å². The minimum Gasteiger partial charge on any atom is -0.512 e. The average molecular weight is 436 g/mol. The Kier molecular flexibility index (Phi) is 8.58. The molecule has 9 nitrogen and oxygen atoms in total. The van der Waals surface area contributed by atoms with Crippen molar-refractivity contribution in [3.8, 4) is 0 Å². The third-order valence-electron chi connectivity index (χ3n) is 5.26. The molecule has 170 valence electrons. The van der Waals surface area contributed by atoms with Gasteiger partial charge in [-0.25, -0.2) is 9.59 Å². The van der Waals surface area contributed by atoms with Crippen LogP contribution in [0.2, 0.25) is 0 Å². The van der Waals surface area contributed by atoms with Gasteiger partial charge in [0, 0.05) is 25.3 Å². The van der Waals surface area contributed by atoms with Crippen molar-refractivity contribution >= 4 is 17.9 Å². The van der Waals surface area contributed by atoms with E-state index in [0.29, 0.717) is 17.6 Å². The smallest absolute Gasteiger partial charge is 0.336 e. The van der Waals surface area contributed by atoms with E-state index < -0.39 is 42.6 Å². The van der Waals surface area contributed by atoms with Crippen LogP contribution in [0.4, 0.5) is 0 Å². The van der Waals surface area contributed by atoms with Gasteiger partial charge in [-0.1, -0.05) is 6.58 Å². The second-order valence-corrected chi connectivity index (χ2v) is 7.47. The predicted molar refractivity (Wildman–Crippen MR) is 109 cm³/mol. The SMILES string of the molecule is C=C1C(=O)O[C@@H]2/C=C(\CO)CC/C(O)=C(/C)C[C@H](OC(=O)C(=CCOC(C)=O)CO)[C@@H]12. The van der Waals surface area contributed by atoms with E-state index in [0.717, 1.165) is 0 Å². The van der Waals surface area contributed by atoms with Gasteiger partial charge >= 0.3 is 17.9 Å². The molecule has 0 spiro atoms. The topological polar surface area (TPSA) is 140 Å². The first-order valence-corrected chi connectivity index (χ1v) is 9.89. The molecule has 0 aromatic rings. The molecule has 0 radical (unpaired) electrons. The van der Waals surface area contributed by atoms with Crippen molar-refractivity contribution in [2.45, 2.75) is 45.3 Å². The second kappa shape index (κ2) is 10.9. The van der Waals surface area contributed by atoms with Crippen LogP contribution < -0.4 is 0 Å². The highest BCUT2D eigenvalue weighted by atomic mass is 16.6. The molecule has 0 amide bonds. The quantitative estimate of drug-likeness (QED) is 0.244. The van der Waals surface area contributed by atoms with Gasteiger partial charge in [0.05, 0.1) is 30.5 Å². The molecule has 3 N–H and O–H groups in total. The fourth-order valence-electron chi connectivity index (χ4n) is 3.47. The van der Waals surface area contributed by atoms with Gasteiger partial charge in [-0.2, -0.15) is 0 Å². The summed E-state index contributed by atoms with van der Waals surface area (Å²) in [5, 5.41) is 29.5. The Morgan fingerprint density at radius 1 is 1.32 bits per heavy atom. The minimum atomic E-state index is -0.934. The van der Waals surface area contributed by atoms with E-state index in [1.807, 2.05) is 0 Å². The van der Waals surface area contributed by atoms with Gasteiger partial charge in [-0.05, 0) is 36.6 Å². The molecular weight excluding hydrogens is 408 g/mol. The number of aliphatic hydroxyl groups is 3. The normalized spacial score (nSPS) is 28.8. The molecule has 0 bridgehead atoms. The van der Waals surface area contributed by atoms with Crippen molar-refractivity contribution in [1.29, 1.82) is 0 Å². The predicted octanol–water partition coefficient (Wildman–Crippen LogP) is 1.41. The molecule has 0 aromatic carbocycles. The highest BCUT2D eigenvalue weighted by molar-refractivity contribution is 5.92. The maximum Gasteiger partial charge on any atom is 0.336 e. The molecule has 1 heterocycles. The number of fused-ring (bicyclic) bond motifs is 1. The number of carbonyl (C=O) groups excluding carboxylic acids is 3. The Bertz CT molecular complexity index is 834. The molecule has 1 aliphatic heterocycles. The number of hydrogen-bond acceptors (Lipinski definition) is 9. The lowest BCUT2D eigenvalue weighted by molar-refractivity contribution is -0.148. The Hall–Kier alpha value is -2.91. The molecule has 1 saturated heterocycles. The number of rotatable bonds is 6. The zero-order valence-electron chi connectivity index (χ0n) is 17.6. The zero-order valence-corrected chi connectivity index (χ0v) is 17.6.